The Morgan fingerprint density at radius 1 is 1.28 bits per heavy atom. The van der Waals surface area contributed by atoms with Crippen molar-refractivity contribution in [2.45, 2.75) is 24.2 Å². The van der Waals surface area contributed by atoms with Gasteiger partial charge in [0.05, 0.1) is 6.20 Å². The second-order valence-electron chi connectivity index (χ2n) is 3.26. The van der Waals surface area contributed by atoms with Crippen molar-refractivity contribution >= 4 is 29.3 Å². The molecule has 2 rings (SSSR count). The largest absolute Gasteiger partial charge is 0.440 e. The van der Waals surface area contributed by atoms with E-state index >= 15 is 0 Å². The molecule has 0 aromatic carbocycles. The molecule has 0 atom stereocenters. The molecule has 6 nitrogen and oxygen atoms in total. The minimum atomic E-state index is 0.168. The van der Waals surface area contributed by atoms with Crippen molar-refractivity contribution < 1.29 is 4.42 Å². The van der Waals surface area contributed by atoms with Crippen LogP contribution < -0.4 is 4.90 Å². The maximum Gasteiger partial charge on any atom is 0.263 e. The first kappa shape index (κ1) is 13.1. The Bertz CT molecular complexity index is 503. The maximum atomic E-state index is 5.89. The lowest BCUT2D eigenvalue weighted by atomic mass is 10.5. The Kier molecular flexibility index (Phi) is 4.38. The van der Waals surface area contributed by atoms with Crippen molar-refractivity contribution in [3.8, 4) is 0 Å². The van der Waals surface area contributed by atoms with Crippen LogP contribution in [0.2, 0.25) is 5.28 Å². The molecule has 2 aromatic rings. The molecule has 0 spiro atoms. The van der Waals surface area contributed by atoms with Gasteiger partial charge in [-0.15, -0.1) is 0 Å². The molecule has 2 aromatic heterocycles. The number of aromatic nitrogens is 4. The van der Waals surface area contributed by atoms with E-state index in [0.717, 1.165) is 13.1 Å². The highest BCUT2D eigenvalue weighted by Gasteiger charge is 2.12. The third-order valence-electron chi connectivity index (χ3n) is 2.21. The second-order valence-corrected chi connectivity index (χ2v) is 4.52. The van der Waals surface area contributed by atoms with Crippen molar-refractivity contribution in [3.63, 3.8) is 0 Å². The van der Waals surface area contributed by atoms with Gasteiger partial charge in [0.15, 0.2) is 0 Å². The monoisotopic (exact) mass is 285 g/mol. The third kappa shape index (κ3) is 3.11. The fourth-order valence-electron chi connectivity index (χ4n) is 1.35. The highest BCUT2D eigenvalue weighted by atomic mass is 35.5. The lowest BCUT2D eigenvalue weighted by Gasteiger charge is -2.18. The molecule has 0 aliphatic heterocycles. The van der Waals surface area contributed by atoms with Crippen molar-refractivity contribution in [3.05, 3.63) is 17.7 Å². The fraction of sp³-hybridized carbons (Fsp3) is 0.400. The van der Waals surface area contributed by atoms with Crippen LogP contribution in [0.4, 0.5) is 5.95 Å². The van der Waals surface area contributed by atoms with Crippen LogP contribution in [0.5, 0.6) is 0 Å². The van der Waals surface area contributed by atoms with Crippen molar-refractivity contribution in [2.75, 3.05) is 18.0 Å². The number of oxazole rings is 1. The van der Waals surface area contributed by atoms with Gasteiger partial charge in [-0.3, -0.25) is 0 Å². The molecular weight excluding hydrogens is 274 g/mol. The minimum absolute atomic E-state index is 0.168. The Labute approximate surface area is 114 Å². The summed E-state index contributed by atoms with van der Waals surface area (Å²) in [5.41, 5.74) is 0. The van der Waals surface area contributed by atoms with E-state index in [1.807, 2.05) is 18.7 Å². The van der Waals surface area contributed by atoms with Crippen LogP contribution in [0, 0.1) is 0 Å². The zero-order chi connectivity index (χ0) is 13.0. The summed E-state index contributed by atoms with van der Waals surface area (Å²) >= 11 is 7.10. The summed E-state index contributed by atoms with van der Waals surface area (Å²) in [5.74, 6) is 0.564. The summed E-state index contributed by atoms with van der Waals surface area (Å²) in [6.07, 6.45) is 3.06. The minimum Gasteiger partial charge on any atom is -0.440 e. The van der Waals surface area contributed by atoms with Crippen molar-refractivity contribution in [1.82, 2.24) is 19.9 Å². The predicted molar refractivity (Wildman–Crippen MR) is 69.0 cm³/mol. The number of nitrogens with zero attached hydrogens (tertiary/aromatic N) is 5. The molecule has 8 heteroatoms. The van der Waals surface area contributed by atoms with Crippen LogP contribution >= 0.6 is 23.4 Å². The van der Waals surface area contributed by atoms with E-state index in [4.69, 9.17) is 16.0 Å². The molecule has 96 valence electrons. The number of halogens is 1. The highest BCUT2D eigenvalue weighted by molar-refractivity contribution is 7.98. The summed E-state index contributed by atoms with van der Waals surface area (Å²) < 4.78 is 5.13. The van der Waals surface area contributed by atoms with Crippen LogP contribution in [0.1, 0.15) is 13.8 Å². The zero-order valence-corrected chi connectivity index (χ0v) is 11.6. The summed E-state index contributed by atoms with van der Waals surface area (Å²) in [6.45, 7) is 5.67. The molecule has 0 saturated heterocycles. The van der Waals surface area contributed by atoms with Gasteiger partial charge < -0.3 is 9.32 Å². The molecule has 0 aliphatic rings. The first-order valence-corrected chi connectivity index (χ1v) is 6.66. The zero-order valence-electron chi connectivity index (χ0n) is 10.00. The van der Waals surface area contributed by atoms with Crippen LogP contribution in [0.3, 0.4) is 0 Å². The van der Waals surface area contributed by atoms with Gasteiger partial charge in [0, 0.05) is 24.9 Å². The second kappa shape index (κ2) is 6.01. The number of rotatable bonds is 5. The van der Waals surface area contributed by atoms with Crippen molar-refractivity contribution in [1.29, 1.82) is 0 Å². The molecule has 0 bridgehead atoms. The summed E-state index contributed by atoms with van der Waals surface area (Å²) in [7, 11) is 0. The topological polar surface area (TPSA) is 67.9 Å². The molecule has 0 N–H and O–H groups in total. The highest BCUT2D eigenvalue weighted by Crippen LogP contribution is 2.24. The lowest BCUT2D eigenvalue weighted by Crippen LogP contribution is -2.24. The van der Waals surface area contributed by atoms with E-state index in [2.05, 4.69) is 19.9 Å². The average molecular weight is 286 g/mol. The van der Waals surface area contributed by atoms with Gasteiger partial charge in [0.25, 0.3) is 5.22 Å². The average Bonchev–Trinajstić information content (AvgIpc) is 2.83. The molecule has 0 aliphatic carbocycles. The lowest BCUT2D eigenvalue weighted by molar-refractivity contribution is 0.453. The van der Waals surface area contributed by atoms with Crippen molar-refractivity contribution in [2.24, 2.45) is 0 Å². The number of hydrogen-bond donors (Lipinski definition) is 0. The Balaban J connectivity index is 2.26. The Morgan fingerprint density at radius 3 is 2.67 bits per heavy atom. The molecule has 0 amide bonds. The van der Waals surface area contributed by atoms with Crippen LogP contribution in [-0.4, -0.2) is 33.0 Å². The number of hydrogen-bond acceptors (Lipinski definition) is 7. The molecule has 0 unspecified atom stereocenters. The van der Waals surface area contributed by atoms with Gasteiger partial charge in [0.2, 0.25) is 16.4 Å². The summed E-state index contributed by atoms with van der Waals surface area (Å²) in [6, 6.07) is 0. The molecule has 0 radical (unpaired) electrons. The predicted octanol–water partition coefficient (Wildman–Crippen LogP) is 2.51. The van der Waals surface area contributed by atoms with E-state index < -0.39 is 0 Å². The molecule has 2 heterocycles. The Hall–Kier alpha value is -1.34. The Morgan fingerprint density at radius 2 is 2.06 bits per heavy atom. The fourth-order valence-corrected chi connectivity index (χ4v) is 2.19. The smallest absolute Gasteiger partial charge is 0.263 e. The van der Waals surface area contributed by atoms with Crippen LogP contribution in [0.25, 0.3) is 0 Å². The van der Waals surface area contributed by atoms with E-state index in [9.17, 15) is 0 Å². The standard InChI is InChI=1S/C10H12ClN5OS/c1-3-16(4-2)8-13-7(11)14-9(15-8)18-10-12-5-6-17-10/h5-6H,3-4H2,1-2H3. The summed E-state index contributed by atoms with van der Waals surface area (Å²) in [5, 5.41) is 1.11. The number of anilines is 1. The van der Waals surface area contributed by atoms with Gasteiger partial charge in [0.1, 0.15) is 6.26 Å². The van der Waals surface area contributed by atoms with E-state index in [-0.39, 0.29) is 5.28 Å². The quantitative estimate of drug-likeness (QED) is 0.836. The summed E-state index contributed by atoms with van der Waals surface area (Å²) in [4.78, 5) is 18.5. The van der Waals surface area contributed by atoms with Gasteiger partial charge in [-0.05, 0) is 25.4 Å². The normalized spacial score (nSPS) is 10.6. The van der Waals surface area contributed by atoms with Gasteiger partial charge in [-0.1, -0.05) is 0 Å². The first-order valence-electron chi connectivity index (χ1n) is 5.46. The molecule has 0 saturated carbocycles. The van der Waals surface area contributed by atoms with Gasteiger partial charge >= 0.3 is 0 Å². The third-order valence-corrected chi connectivity index (χ3v) is 3.12. The molecule has 18 heavy (non-hydrogen) atoms. The molecule has 0 fully saturated rings. The van der Waals surface area contributed by atoms with Crippen LogP contribution in [0.15, 0.2) is 27.3 Å². The van der Waals surface area contributed by atoms with E-state index in [1.54, 1.807) is 6.20 Å². The van der Waals surface area contributed by atoms with E-state index in [1.165, 1.54) is 18.0 Å². The van der Waals surface area contributed by atoms with Gasteiger partial charge in [-0.2, -0.15) is 15.0 Å². The van der Waals surface area contributed by atoms with Gasteiger partial charge in [-0.25, -0.2) is 4.98 Å². The molecular formula is C10H12ClN5OS. The maximum absolute atomic E-state index is 5.89. The van der Waals surface area contributed by atoms with Crippen LogP contribution in [-0.2, 0) is 0 Å². The SMILES string of the molecule is CCN(CC)c1nc(Cl)nc(Sc2ncco2)n1. The first-order chi connectivity index (χ1) is 8.72. The van der Waals surface area contributed by atoms with E-state index in [0.29, 0.717) is 16.3 Å².